The molecule has 0 saturated carbocycles. The number of carboxylic acids is 1. The van der Waals surface area contributed by atoms with Gasteiger partial charge in [-0.15, -0.1) is 5.10 Å². The number of hydrogen-bond donors (Lipinski definition) is 1. The number of hydrogen-bond acceptors (Lipinski definition) is 7. The number of carbonyl (C=O) groups is 1. The normalized spacial score (nSPS) is 10.8. The lowest BCUT2D eigenvalue weighted by Gasteiger charge is -2.04. The first-order valence-corrected chi connectivity index (χ1v) is 5.57. The molecule has 0 bridgehead atoms. The van der Waals surface area contributed by atoms with Crippen LogP contribution in [-0.2, 0) is 13.6 Å². The van der Waals surface area contributed by atoms with Crippen molar-refractivity contribution in [3.05, 3.63) is 30.3 Å². The van der Waals surface area contributed by atoms with Gasteiger partial charge >= 0.3 is 5.97 Å². The summed E-state index contributed by atoms with van der Waals surface area (Å²) in [4.78, 5) is 19.2. The minimum atomic E-state index is -1.18. The highest BCUT2D eigenvalue weighted by molar-refractivity contribution is 5.91. The Bertz CT molecular complexity index is 743. The van der Waals surface area contributed by atoms with Crippen molar-refractivity contribution in [2.75, 3.05) is 0 Å². The van der Waals surface area contributed by atoms with Crippen molar-refractivity contribution in [1.82, 2.24) is 34.7 Å². The Morgan fingerprint density at radius 3 is 2.90 bits per heavy atom. The molecule has 0 unspecified atom stereocenters. The first-order chi connectivity index (χ1) is 9.66. The lowest BCUT2D eigenvalue weighted by molar-refractivity contribution is 0.0691. The van der Waals surface area contributed by atoms with Crippen molar-refractivity contribution in [2.24, 2.45) is 7.05 Å². The molecule has 0 aromatic carbocycles. The maximum Gasteiger partial charge on any atom is 0.358 e. The van der Waals surface area contributed by atoms with E-state index in [-0.39, 0.29) is 17.9 Å². The molecule has 3 aromatic heterocycles. The van der Waals surface area contributed by atoms with Crippen molar-refractivity contribution < 1.29 is 14.4 Å². The van der Waals surface area contributed by atoms with E-state index in [9.17, 15) is 9.90 Å². The highest BCUT2D eigenvalue weighted by Gasteiger charge is 2.24. The Balaban J connectivity index is 2.11. The molecule has 1 N–H and O–H groups in total. The lowest BCUT2D eigenvalue weighted by Crippen LogP contribution is -2.09. The average Bonchev–Trinajstić information content (AvgIpc) is 3.10. The Morgan fingerprint density at radius 1 is 1.45 bits per heavy atom. The van der Waals surface area contributed by atoms with E-state index in [0.29, 0.717) is 11.7 Å². The number of aromatic carboxylic acids is 1. The van der Waals surface area contributed by atoms with Crippen LogP contribution in [0.15, 0.2) is 23.2 Å². The second kappa shape index (κ2) is 4.57. The Labute approximate surface area is 111 Å². The molecule has 0 atom stereocenters. The molecular weight excluding hydrogens is 266 g/mol. The van der Waals surface area contributed by atoms with Gasteiger partial charge in [0.1, 0.15) is 12.2 Å². The summed E-state index contributed by atoms with van der Waals surface area (Å²) in [6.45, 7) is 0.114. The third kappa shape index (κ3) is 1.92. The predicted molar refractivity (Wildman–Crippen MR) is 62.6 cm³/mol. The third-order valence-corrected chi connectivity index (χ3v) is 2.66. The topological polar surface area (TPSA) is 125 Å². The van der Waals surface area contributed by atoms with E-state index >= 15 is 0 Å². The molecule has 0 aliphatic rings. The zero-order valence-electron chi connectivity index (χ0n) is 10.3. The van der Waals surface area contributed by atoms with Crippen LogP contribution in [-0.4, -0.2) is 45.8 Å². The predicted octanol–water partition coefficient (Wildman–Crippen LogP) is -0.192. The smallest absolute Gasteiger partial charge is 0.358 e. The molecular formula is C10H9N7O3. The van der Waals surface area contributed by atoms with E-state index < -0.39 is 5.97 Å². The van der Waals surface area contributed by atoms with Gasteiger partial charge in [-0.05, 0) is 0 Å². The number of rotatable bonds is 4. The molecule has 3 rings (SSSR count). The molecule has 0 spiro atoms. The molecule has 102 valence electrons. The van der Waals surface area contributed by atoms with E-state index in [1.165, 1.54) is 11.0 Å². The largest absolute Gasteiger partial charge is 0.476 e. The summed E-state index contributed by atoms with van der Waals surface area (Å²) >= 11 is 0. The van der Waals surface area contributed by atoms with Gasteiger partial charge in [0.15, 0.2) is 12.2 Å². The number of nitrogens with zero attached hydrogens (tertiary/aromatic N) is 7. The fourth-order valence-electron chi connectivity index (χ4n) is 1.78. The third-order valence-electron chi connectivity index (χ3n) is 2.66. The summed E-state index contributed by atoms with van der Waals surface area (Å²) in [7, 11) is 1.75. The summed E-state index contributed by atoms with van der Waals surface area (Å²) in [5.41, 5.74) is 0.0991. The van der Waals surface area contributed by atoms with Crippen LogP contribution in [0.4, 0.5) is 0 Å². The highest BCUT2D eigenvalue weighted by Crippen LogP contribution is 2.20. The van der Waals surface area contributed by atoms with E-state index in [4.69, 9.17) is 4.52 Å². The minimum absolute atomic E-state index is 0.114. The van der Waals surface area contributed by atoms with Gasteiger partial charge in [0.25, 0.3) is 0 Å². The van der Waals surface area contributed by atoms with Gasteiger partial charge < -0.3 is 14.2 Å². The van der Waals surface area contributed by atoms with Gasteiger partial charge in [-0.25, -0.2) is 14.5 Å². The lowest BCUT2D eigenvalue weighted by atomic mass is 10.3. The molecule has 10 nitrogen and oxygen atoms in total. The Morgan fingerprint density at radius 2 is 2.30 bits per heavy atom. The molecule has 0 fully saturated rings. The second-order valence-electron chi connectivity index (χ2n) is 3.95. The van der Waals surface area contributed by atoms with Crippen molar-refractivity contribution in [2.45, 2.75) is 6.54 Å². The molecule has 0 saturated heterocycles. The number of carboxylic acid groups (broad SMARTS) is 1. The maximum atomic E-state index is 11.2. The van der Waals surface area contributed by atoms with Crippen molar-refractivity contribution in [3.8, 4) is 11.5 Å². The molecule has 0 amide bonds. The van der Waals surface area contributed by atoms with Crippen LogP contribution in [0.25, 0.3) is 11.5 Å². The highest BCUT2D eigenvalue weighted by atomic mass is 16.5. The SMILES string of the molecule is Cn1ccnc1-c1c(C(=O)O)nnn1Cc1ncno1. The van der Waals surface area contributed by atoms with E-state index in [1.54, 1.807) is 24.0 Å². The number of aromatic nitrogens is 7. The molecule has 0 aliphatic heterocycles. The van der Waals surface area contributed by atoms with Crippen LogP contribution in [0.3, 0.4) is 0 Å². The molecule has 3 heterocycles. The van der Waals surface area contributed by atoms with E-state index in [2.05, 4.69) is 25.4 Å². The fraction of sp³-hybridized carbons (Fsp3) is 0.200. The summed E-state index contributed by atoms with van der Waals surface area (Å²) in [5.74, 6) is -0.450. The summed E-state index contributed by atoms with van der Waals surface area (Å²) < 4.78 is 7.92. The first-order valence-electron chi connectivity index (χ1n) is 5.57. The van der Waals surface area contributed by atoms with E-state index in [1.807, 2.05) is 0 Å². The Hall–Kier alpha value is -3.04. The molecule has 20 heavy (non-hydrogen) atoms. The molecule has 3 aromatic rings. The van der Waals surface area contributed by atoms with Gasteiger partial charge in [0.05, 0.1) is 0 Å². The van der Waals surface area contributed by atoms with Gasteiger partial charge in [0, 0.05) is 19.4 Å². The van der Waals surface area contributed by atoms with Crippen molar-refractivity contribution in [1.29, 1.82) is 0 Å². The zero-order chi connectivity index (χ0) is 14.1. The molecule has 10 heteroatoms. The summed E-state index contributed by atoms with van der Waals surface area (Å²) in [6.07, 6.45) is 4.51. The fourth-order valence-corrected chi connectivity index (χ4v) is 1.78. The first kappa shape index (κ1) is 12.0. The molecule has 0 aliphatic carbocycles. The standard InChI is InChI=1S/C10H9N7O3/c1-16-3-2-11-9(16)8-7(10(18)19)14-15-17(8)4-6-12-5-13-20-6/h2-3,5H,4H2,1H3,(H,18,19). The summed E-state index contributed by atoms with van der Waals surface area (Å²) in [6, 6.07) is 0. The molecule has 0 radical (unpaired) electrons. The van der Waals surface area contributed by atoms with Crippen molar-refractivity contribution >= 4 is 5.97 Å². The average molecular weight is 275 g/mol. The number of aryl methyl sites for hydroxylation is 1. The van der Waals surface area contributed by atoms with Crippen LogP contribution in [0.2, 0.25) is 0 Å². The van der Waals surface area contributed by atoms with Crippen LogP contribution < -0.4 is 0 Å². The van der Waals surface area contributed by atoms with Gasteiger partial charge in [0.2, 0.25) is 11.6 Å². The second-order valence-corrected chi connectivity index (χ2v) is 3.95. The number of imidazole rings is 1. The summed E-state index contributed by atoms with van der Waals surface area (Å²) in [5, 5.41) is 20.2. The van der Waals surface area contributed by atoms with Crippen molar-refractivity contribution in [3.63, 3.8) is 0 Å². The van der Waals surface area contributed by atoms with Crippen LogP contribution in [0.1, 0.15) is 16.4 Å². The monoisotopic (exact) mass is 275 g/mol. The van der Waals surface area contributed by atoms with E-state index in [0.717, 1.165) is 0 Å². The minimum Gasteiger partial charge on any atom is -0.476 e. The Kier molecular flexibility index (Phi) is 2.75. The quantitative estimate of drug-likeness (QED) is 0.694. The van der Waals surface area contributed by atoms with Crippen LogP contribution in [0, 0.1) is 0 Å². The van der Waals surface area contributed by atoms with Gasteiger partial charge in [-0.1, -0.05) is 10.4 Å². The maximum absolute atomic E-state index is 11.2. The van der Waals surface area contributed by atoms with Crippen LogP contribution >= 0.6 is 0 Å². The van der Waals surface area contributed by atoms with Gasteiger partial charge in [-0.3, -0.25) is 0 Å². The van der Waals surface area contributed by atoms with Gasteiger partial charge in [-0.2, -0.15) is 4.98 Å². The van der Waals surface area contributed by atoms with Crippen LogP contribution in [0.5, 0.6) is 0 Å². The zero-order valence-corrected chi connectivity index (χ0v) is 10.3.